The molecule has 0 fully saturated rings. The van der Waals surface area contributed by atoms with Crippen molar-refractivity contribution in [2.45, 2.75) is 20.8 Å². The molecule has 0 amide bonds. The lowest BCUT2D eigenvalue weighted by Gasteiger charge is -2.21. The fourth-order valence-corrected chi connectivity index (χ4v) is 1.49. The molecule has 3 nitrogen and oxygen atoms in total. The van der Waals surface area contributed by atoms with Gasteiger partial charge in [-0.2, -0.15) is 0 Å². The fraction of sp³-hybridized carbons (Fsp3) is 0.667. The van der Waals surface area contributed by atoms with Crippen LogP contribution in [0.15, 0.2) is 5.38 Å². The molecule has 0 aromatic carbocycles. The summed E-state index contributed by atoms with van der Waals surface area (Å²) in [5.41, 5.74) is 0.953. The van der Waals surface area contributed by atoms with E-state index in [-0.39, 0.29) is 12.0 Å². The van der Waals surface area contributed by atoms with Gasteiger partial charge in [-0.05, 0) is 6.92 Å². The van der Waals surface area contributed by atoms with Crippen molar-refractivity contribution in [2.75, 3.05) is 18.5 Å². The normalized spacial score (nSPS) is 11.7. The highest BCUT2D eigenvalue weighted by Crippen LogP contribution is 2.18. The third-order valence-corrected chi connectivity index (χ3v) is 2.68. The molecule has 1 heterocycles. The number of aromatic nitrogens is 1. The van der Waals surface area contributed by atoms with Crippen LogP contribution < -0.4 is 5.32 Å². The van der Waals surface area contributed by atoms with Crippen molar-refractivity contribution in [3.05, 3.63) is 11.1 Å². The molecule has 74 valence electrons. The number of thiazole rings is 1. The van der Waals surface area contributed by atoms with Gasteiger partial charge in [0.15, 0.2) is 5.13 Å². The average molecular weight is 200 g/mol. The van der Waals surface area contributed by atoms with Crippen LogP contribution in [0.3, 0.4) is 0 Å². The number of aryl methyl sites for hydroxylation is 1. The van der Waals surface area contributed by atoms with Gasteiger partial charge in [-0.3, -0.25) is 0 Å². The molecule has 0 unspecified atom stereocenters. The first-order chi connectivity index (χ1) is 6.03. The molecular weight excluding hydrogens is 184 g/mol. The molecule has 0 aliphatic rings. The Bertz CT molecular complexity index is 270. The topological polar surface area (TPSA) is 45.1 Å². The van der Waals surface area contributed by atoms with E-state index in [0.29, 0.717) is 0 Å². The second kappa shape index (κ2) is 4.07. The number of aliphatic hydroxyl groups excluding tert-OH is 1. The minimum absolute atomic E-state index is 0.0838. The Kier molecular flexibility index (Phi) is 3.27. The first kappa shape index (κ1) is 10.5. The zero-order valence-corrected chi connectivity index (χ0v) is 9.11. The molecule has 0 atom stereocenters. The molecule has 1 rings (SSSR count). The SMILES string of the molecule is Cc1csc(NCC(C)(C)CO)n1. The minimum Gasteiger partial charge on any atom is -0.396 e. The highest BCUT2D eigenvalue weighted by atomic mass is 32.1. The largest absolute Gasteiger partial charge is 0.396 e. The summed E-state index contributed by atoms with van der Waals surface area (Å²) >= 11 is 1.60. The third kappa shape index (κ3) is 3.32. The van der Waals surface area contributed by atoms with E-state index in [1.54, 1.807) is 11.3 Å². The zero-order chi connectivity index (χ0) is 9.90. The van der Waals surface area contributed by atoms with Crippen LogP contribution in [0, 0.1) is 12.3 Å². The Labute approximate surface area is 82.8 Å². The summed E-state index contributed by atoms with van der Waals surface area (Å²) < 4.78 is 0. The highest BCUT2D eigenvalue weighted by Gasteiger charge is 2.16. The van der Waals surface area contributed by atoms with Gasteiger partial charge in [0.1, 0.15) is 0 Å². The summed E-state index contributed by atoms with van der Waals surface area (Å²) in [6.45, 7) is 6.93. The quantitative estimate of drug-likeness (QED) is 0.780. The van der Waals surface area contributed by atoms with Crippen LogP contribution in [0.25, 0.3) is 0 Å². The Hall–Kier alpha value is -0.610. The molecule has 0 saturated heterocycles. The van der Waals surface area contributed by atoms with Crippen molar-refractivity contribution < 1.29 is 5.11 Å². The number of rotatable bonds is 4. The predicted octanol–water partition coefficient (Wildman–Crippen LogP) is 1.88. The van der Waals surface area contributed by atoms with E-state index in [2.05, 4.69) is 10.3 Å². The fourth-order valence-electron chi connectivity index (χ4n) is 0.806. The third-order valence-electron chi connectivity index (χ3n) is 1.77. The number of hydrogen-bond donors (Lipinski definition) is 2. The first-order valence-corrected chi connectivity index (χ1v) is 5.18. The van der Waals surface area contributed by atoms with E-state index in [0.717, 1.165) is 17.4 Å². The Morgan fingerprint density at radius 3 is 2.77 bits per heavy atom. The van der Waals surface area contributed by atoms with Gasteiger partial charge in [0.05, 0.1) is 5.69 Å². The number of nitrogens with one attached hydrogen (secondary N) is 1. The maximum Gasteiger partial charge on any atom is 0.182 e. The highest BCUT2D eigenvalue weighted by molar-refractivity contribution is 7.13. The Morgan fingerprint density at radius 2 is 2.31 bits per heavy atom. The summed E-state index contributed by atoms with van der Waals surface area (Å²) in [7, 11) is 0. The summed E-state index contributed by atoms with van der Waals surface area (Å²) in [5, 5.41) is 15.2. The number of nitrogens with zero attached hydrogens (tertiary/aromatic N) is 1. The van der Waals surface area contributed by atoms with E-state index in [1.165, 1.54) is 0 Å². The van der Waals surface area contributed by atoms with E-state index in [1.807, 2.05) is 26.2 Å². The second-order valence-corrected chi connectivity index (χ2v) is 4.83. The van der Waals surface area contributed by atoms with Crippen molar-refractivity contribution in [2.24, 2.45) is 5.41 Å². The van der Waals surface area contributed by atoms with Crippen LogP contribution in [0.4, 0.5) is 5.13 Å². The molecule has 4 heteroatoms. The lowest BCUT2D eigenvalue weighted by Crippen LogP contribution is -2.26. The predicted molar refractivity (Wildman–Crippen MR) is 56.2 cm³/mol. The Morgan fingerprint density at radius 1 is 1.62 bits per heavy atom. The van der Waals surface area contributed by atoms with E-state index in [9.17, 15) is 0 Å². The monoisotopic (exact) mass is 200 g/mol. The van der Waals surface area contributed by atoms with Gasteiger partial charge in [0.25, 0.3) is 0 Å². The summed E-state index contributed by atoms with van der Waals surface area (Å²) in [5.74, 6) is 0. The molecule has 1 aromatic heterocycles. The number of aliphatic hydroxyl groups is 1. The maximum atomic E-state index is 9.02. The molecule has 0 saturated carbocycles. The van der Waals surface area contributed by atoms with Crippen molar-refractivity contribution in [3.63, 3.8) is 0 Å². The average Bonchev–Trinajstić information content (AvgIpc) is 2.48. The van der Waals surface area contributed by atoms with E-state index >= 15 is 0 Å². The van der Waals surface area contributed by atoms with Crippen LogP contribution in [-0.4, -0.2) is 23.2 Å². The molecule has 0 aliphatic heterocycles. The molecule has 1 aromatic rings. The van der Waals surface area contributed by atoms with Crippen LogP contribution >= 0.6 is 11.3 Å². The molecular formula is C9H16N2OS. The zero-order valence-electron chi connectivity index (χ0n) is 8.29. The number of hydrogen-bond acceptors (Lipinski definition) is 4. The van der Waals surface area contributed by atoms with E-state index in [4.69, 9.17) is 5.11 Å². The van der Waals surface area contributed by atoms with Crippen LogP contribution in [0.5, 0.6) is 0 Å². The lowest BCUT2D eigenvalue weighted by atomic mass is 9.95. The smallest absolute Gasteiger partial charge is 0.182 e. The summed E-state index contributed by atoms with van der Waals surface area (Å²) in [4.78, 5) is 4.27. The molecule has 2 N–H and O–H groups in total. The molecule has 13 heavy (non-hydrogen) atoms. The van der Waals surface area contributed by atoms with Gasteiger partial charge < -0.3 is 10.4 Å². The van der Waals surface area contributed by atoms with E-state index < -0.39 is 0 Å². The van der Waals surface area contributed by atoms with Gasteiger partial charge >= 0.3 is 0 Å². The maximum absolute atomic E-state index is 9.02. The Balaban J connectivity index is 2.43. The van der Waals surface area contributed by atoms with Crippen molar-refractivity contribution in [3.8, 4) is 0 Å². The summed E-state index contributed by atoms with van der Waals surface area (Å²) in [6, 6.07) is 0. The first-order valence-electron chi connectivity index (χ1n) is 4.30. The van der Waals surface area contributed by atoms with Gasteiger partial charge in [-0.1, -0.05) is 13.8 Å². The van der Waals surface area contributed by atoms with Crippen LogP contribution in [0.2, 0.25) is 0 Å². The van der Waals surface area contributed by atoms with Crippen LogP contribution in [0.1, 0.15) is 19.5 Å². The molecule has 0 spiro atoms. The standard InChI is InChI=1S/C9H16N2OS/c1-7-4-13-8(11-7)10-5-9(2,3)6-12/h4,12H,5-6H2,1-3H3,(H,10,11). The van der Waals surface area contributed by atoms with Crippen molar-refractivity contribution in [1.29, 1.82) is 0 Å². The molecule has 0 radical (unpaired) electrons. The van der Waals surface area contributed by atoms with Crippen molar-refractivity contribution >= 4 is 16.5 Å². The van der Waals surface area contributed by atoms with Gasteiger partial charge in [0, 0.05) is 23.9 Å². The second-order valence-electron chi connectivity index (χ2n) is 3.97. The lowest BCUT2D eigenvalue weighted by molar-refractivity contribution is 0.171. The van der Waals surface area contributed by atoms with Crippen LogP contribution in [-0.2, 0) is 0 Å². The molecule has 0 aliphatic carbocycles. The minimum atomic E-state index is -0.0838. The van der Waals surface area contributed by atoms with Gasteiger partial charge in [-0.15, -0.1) is 11.3 Å². The van der Waals surface area contributed by atoms with Gasteiger partial charge in [-0.25, -0.2) is 4.98 Å². The van der Waals surface area contributed by atoms with Crippen molar-refractivity contribution in [1.82, 2.24) is 4.98 Å². The summed E-state index contributed by atoms with van der Waals surface area (Å²) in [6.07, 6.45) is 0. The van der Waals surface area contributed by atoms with Gasteiger partial charge in [0.2, 0.25) is 0 Å². The molecule has 0 bridgehead atoms. The number of anilines is 1.